The van der Waals surface area contributed by atoms with E-state index in [9.17, 15) is 4.79 Å². The van der Waals surface area contributed by atoms with Crippen molar-refractivity contribution in [2.75, 3.05) is 18.2 Å². The molecule has 136 valence electrons. The number of ether oxygens (including phenoxy) is 1. The Hall–Kier alpha value is -1.96. The highest BCUT2D eigenvalue weighted by atomic mass is 79.9. The Labute approximate surface area is 164 Å². The van der Waals surface area contributed by atoms with E-state index in [4.69, 9.17) is 10.5 Å². The highest BCUT2D eigenvalue weighted by Crippen LogP contribution is 2.36. The maximum atomic E-state index is 12.8. The van der Waals surface area contributed by atoms with Gasteiger partial charge in [-0.2, -0.15) is 0 Å². The van der Waals surface area contributed by atoms with Gasteiger partial charge in [0.2, 0.25) is 0 Å². The topological polar surface area (TPSA) is 77.2 Å². The first-order valence-corrected chi connectivity index (χ1v) is 9.68. The highest BCUT2D eigenvalue weighted by molar-refractivity contribution is 9.10. The maximum Gasteiger partial charge on any atom is 0.267 e. The van der Waals surface area contributed by atoms with Gasteiger partial charge in [-0.25, -0.2) is 4.98 Å². The summed E-state index contributed by atoms with van der Waals surface area (Å²) in [4.78, 5) is 18.6. The Kier molecular flexibility index (Phi) is 5.32. The normalized spacial score (nSPS) is 11.1. The average molecular weight is 434 g/mol. The van der Waals surface area contributed by atoms with Crippen LogP contribution in [0.3, 0.4) is 0 Å². The number of methoxy groups -OCH3 is 1. The molecule has 3 rings (SSSR count). The van der Waals surface area contributed by atoms with E-state index in [0.29, 0.717) is 17.2 Å². The van der Waals surface area contributed by atoms with Gasteiger partial charge in [0.05, 0.1) is 18.0 Å². The zero-order chi connectivity index (χ0) is 19.0. The average Bonchev–Trinajstić information content (AvgIpc) is 2.89. The molecule has 0 spiro atoms. The van der Waals surface area contributed by atoms with E-state index in [-0.39, 0.29) is 5.91 Å². The lowest BCUT2D eigenvalue weighted by Crippen LogP contribution is -2.12. The fraction of sp³-hybridized carbons (Fsp3) is 0.263. The molecule has 0 atom stereocenters. The first kappa shape index (κ1) is 18.8. The Morgan fingerprint density at radius 2 is 1.96 bits per heavy atom. The van der Waals surface area contributed by atoms with Crippen LogP contribution < -0.4 is 11.1 Å². The number of nitrogens with zero attached hydrogens (tertiary/aromatic N) is 1. The van der Waals surface area contributed by atoms with Gasteiger partial charge in [0.25, 0.3) is 5.91 Å². The van der Waals surface area contributed by atoms with Gasteiger partial charge in [0.15, 0.2) is 0 Å². The number of benzene rings is 1. The molecule has 2 aromatic heterocycles. The van der Waals surface area contributed by atoms with E-state index >= 15 is 0 Å². The number of hydrogen-bond acceptors (Lipinski definition) is 5. The van der Waals surface area contributed by atoms with Crippen LogP contribution in [-0.2, 0) is 11.3 Å². The SMILES string of the molecule is COCc1cc(C)nc2sc(C(=O)Nc3cc(C)c(C)cc3Br)c(N)c12. The van der Waals surface area contributed by atoms with Crippen LogP contribution in [0.2, 0.25) is 0 Å². The van der Waals surface area contributed by atoms with Crippen LogP contribution in [-0.4, -0.2) is 18.0 Å². The molecule has 5 nitrogen and oxygen atoms in total. The number of nitrogens with two attached hydrogens (primary N) is 1. The quantitative estimate of drug-likeness (QED) is 0.608. The van der Waals surface area contributed by atoms with Crippen molar-refractivity contribution in [2.24, 2.45) is 0 Å². The highest BCUT2D eigenvalue weighted by Gasteiger charge is 2.21. The standard InChI is InChI=1S/C19H20BrN3O2S/c1-9-5-13(20)14(6-10(9)2)23-18(24)17-16(21)15-12(8-25-4)7-11(3)22-19(15)26-17/h5-7H,8,21H2,1-4H3,(H,23,24). The summed E-state index contributed by atoms with van der Waals surface area (Å²) in [5.74, 6) is -0.240. The van der Waals surface area contributed by atoms with Gasteiger partial charge >= 0.3 is 0 Å². The fourth-order valence-electron chi connectivity index (χ4n) is 2.83. The third-order valence-electron chi connectivity index (χ3n) is 4.25. The zero-order valence-electron chi connectivity index (χ0n) is 15.1. The van der Waals surface area contributed by atoms with Crippen molar-refractivity contribution in [3.05, 3.63) is 49.9 Å². The summed E-state index contributed by atoms with van der Waals surface area (Å²) in [5, 5.41) is 3.75. The molecule has 1 aromatic carbocycles. The van der Waals surface area contributed by atoms with Crippen LogP contribution in [0.4, 0.5) is 11.4 Å². The maximum absolute atomic E-state index is 12.8. The number of fused-ring (bicyclic) bond motifs is 1. The second kappa shape index (κ2) is 7.34. The van der Waals surface area contributed by atoms with Crippen LogP contribution in [0.15, 0.2) is 22.7 Å². The molecule has 0 bridgehead atoms. The first-order chi connectivity index (χ1) is 12.3. The summed E-state index contributed by atoms with van der Waals surface area (Å²) in [6.07, 6.45) is 0. The minimum atomic E-state index is -0.240. The van der Waals surface area contributed by atoms with Crippen molar-refractivity contribution in [1.29, 1.82) is 0 Å². The number of anilines is 2. The second-order valence-corrected chi connectivity index (χ2v) is 8.10. The first-order valence-electron chi connectivity index (χ1n) is 8.07. The molecule has 3 aromatic rings. The predicted octanol–water partition coefficient (Wildman–Crippen LogP) is 4.96. The van der Waals surface area contributed by atoms with Gasteiger partial charge in [-0.15, -0.1) is 11.3 Å². The minimum Gasteiger partial charge on any atom is -0.397 e. The van der Waals surface area contributed by atoms with E-state index in [1.54, 1.807) is 7.11 Å². The van der Waals surface area contributed by atoms with E-state index < -0.39 is 0 Å². The van der Waals surface area contributed by atoms with Crippen molar-refractivity contribution in [1.82, 2.24) is 4.98 Å². The number of hydrogen-bond donors (Lipinski definition) is 2. The number of pyridine rings is 1. The molecule has 7 heteroatoms. The number of rotatable bonds is 4. The number of nitrogen functional groups attached to an aromatic ring is 1. The van der Waals surface area contributed by atoms with E-state index in [2.05, 4.69) is 26.2 Å². The third kappa shape index (κ3) is 3.47. The molecule has 1 amide bonds. The van der Waals surface area contributed by atoms with Crippen molar-refractivity contribution in [2.45, 2.75) is 27.4 Å². The fourth-order valence-corrected chi connectivity index (χ4v) is 4.47. The Morgan fingerprint density at radius 1 is 1.27 bits per heavy atom. The van der Waals surface area contributed by atoms with E-state index in [0.717, 1.165) is 42.8 Å². The van der Waals surface area contributed by atoms with Gasteiger partial charge in [0, 0.05) is 22.7 Å². The number of amides is 1. The molecule has 26 heavy (non-hydrogen) atoms. The summed E-state index contributed by atoms with van der Waals surface area (Å²) in [6, 6.07) is 5.87. The number of carbonyl (C=O) groups excluding carboxylic acids is 1. The smallest absolute Gasteiger partial charge is 0.267 e. The van der Waals surface area contributed by atoms with E-state index in [1.807, 2.05) is 39.0 Å². The molecule has 0 saturated carbocycles. The lowest BCUT2D eigenvalue weighted by atomic mass is 10.1. The number of halogens is 1. The molecule has 0 radical (unpaired) electrons. The lowest BCUT2D eigenvalue weighted by Gasteiger charge is -2.10. The Balaban J connectivity index is 2.03. The van der Waals surface area contributed by atoms with Gasteiger partial charge in [-0.3, -0.25) is 4.79 Å². The van der Waals surface area contributed by atoms with Crippen molar-refractivity contribution < 1.29 is 9.53 Å². The summed E-state index contributed by atoms with van der Waals surface area (Å²) in [7, 11) is 1.63. The van der Waals surface area contributed by atoms with Crippen LogP contribution in [0.25, 0.3) is 10.2 Å². The minimum absolute atomic E-state index is 0.240. The van der Waals surface area contributed by atoms with Crippen molar-refractivity contribution >= 4 is 54.8 Å². The zero-order valence-corrected chi connectivity index (χ0v) is 17.5. The molecule has 0 aliphatic heterocycles. The largest absolute Gasteiger partial charge is 0.397 e. The molecule has 0 fully saturated rings. The molecular weight excluding hydrogens is 414 g/mol. The van der Waals surface area contributed by atoms with Gasteiger partial charge in [-0.1, -0.05) is 0 Å². The Bertz CT molecular complexity index is 1010. The molecule has 0 aliphatic carbocycles. The number of carbonyl (C=O) groups is 1. The number of aromatic nitrogens is 1. The van der Waals surface area contributed by atoms with Crippen LogP contribution in [0.5, 0.6) is 0 Å². The monoisotopic (exact) mass is 433 g/mol. The van der Waals surface area contributed by atoms with Crippen LogP contribution in [0.1, 0.15) is 32.1 Å². The van der Waals surface area contributed by atoms with Crippen LogP contribution >= 0.6 is 27.3 Å². The molecular formula is C19H20BrN3O2S. The molecule has 0 saturated heterocycles. The second-order valence-electron chi connectivity index (χ2n) is 6.25. The van der Waals surface area contributed by atoms with Crippen LogP contribution in [0, 0.1) is 20.8 Å². The summed E-state index contributed by atoms with van der Waals surface area (Å²) in [5.41, 5.74) is 11.5. The van der Waals surface area contributed by atoms with Gasteiger partial charge < -0.3 is 15.8 Å². The van der Waals surface area contributed by atoms with Crippen molar-refractivity contribution in [3.8, 4) is 0 Å². The van der Waals surface area contributed by atoms with E-state index in [1.165, 1.54) is 11.3 Å². The third-order valence-corrected chi connectivity index (χ3v) is 6.00. The van der Waals surface area contributed by atoms with Gasteiger partial charge in [-0.05, 0) is 71.6 Å². The van der Waals surface area contributed by atoms with Crippen molar-refractivity contribution in [3.63, 3.8) is 0 Å². The number of nitrogens with one attached hydrogen (secondary N) is 1. The molecule has 0 unspecified atom stereocenters. The Morgan fingerprint density at radius 3 is 2.65 bits per heavy atom. The molecule has 3 N–H and O–H groups in total. The number of aryl methyl sites for hydroxylation is 3. The molecule has 0 aliphatic rings. The predicted molar refractivity (Wildman–Crippen MR) is 111 cm³/mol. The summed E-state index contributed by atoms with van der Waals surface area (Å²) >= 11 is 4.81. The van der Waals surface area contributed by atoms with Gasteiger partial charge in [0.1, 0.15) is 9.71 Å². The summed E-state index contributed by atoms with van der Waals surface area (Å²) < 4.78 is 6.10. The molecule has 2 heterocycles. The lowest BCUT2D eigenvalue weighted by molar-refractivity contribution is 0.103. The number of thiophene rings is 1. The summed E-state index contributed by atoms with van der Waals surface area (Å²) in [6.45, 7) is 6.38.